The summed E-state index contributed by atoms with van der Waals surface area (Å²) in [5, 5.41) is 0.567. The monoisotopic (exact) mass is 402 g/mol. The van der Waals surface area contributed by atoms with Crippen LogP contribution in [0.1, 0.15) is 45.4 Å². The smallest absolute Gasteiger partial charge is 0.284 e. The molecule has 2 aliphatic rings. The number of nitrogens with zero attached hydrogens (tertiary/aromatic N) is 2. The Kier molecular flexibility index (Phi) is 5.96. The molecule has 0 amide bonds. The van der Waals surface area contributed by atoms with E-state index in [1.54, 1.807) is 0 Å². The van der Waals surface area contributed by atoms with Crippen LogP contribution in [0.2, 0.25) is 10.0 Å². The summed E-state index contributed by atoms with van der Waals surface area (Å²) in [6, 6.07) is 4.36. The second kappa shape index (κ2) is 7.85. The van der Waals surface area contributed by atoms with Gasteiger partial charge in [0, 0.05) is 19.0 Å². The zero-order valence-corrected chi connectivity index (χ0v) is 16.7. The van der Waals surface area contributed by atoms with Crippen LogP contribution in [-0.2, 0) is 10.0 Å². The minimum Gasteiger partial charge on any atom is -0.359 e. The fraction of sp³-hybridized carbons (Fsp3) is 0.611. The summed E-state index contributed by atoms with van der Waals surface area (Å²) < 4.78 is 30.1. The van der Waals surface area contributed by atoms with Gasteiger partial charge in [-0.1, -0.05) is 36.5 Å². The van der Waals surface area contributed by atoms with Crippen LogP contribution in [0.4, 0.5) is 0 Å². The highest BCUT2D eigenvalue weighted by molar-refractivity contribution is 7.90. The normalized spacial score (nSPS) is 25.4. The molecule has 7 heteroatoms. The Labute approximate surface area is 160 Å². The largest absolute Gasteiger partial charge is 0.359 e. The van der Waals surface area contributed by atoms with Crippen molar-refractivity contribution in [3.8, 4) is 0 Å². The first-order valence-corrected chi connectivity index (χ1v) is 11.1. The van der Waals surface area contributed by atoms with Crippen LogP contribution >= 0.6 is 23.2 Å². The molecule has 25 heavy (non-hydrogen) atoms. The number of hydrogen-bond donors (Lipinski definition) is 0. The van der Waals surface area contributed by atoms with E-state index in [2.05, 4.69) is 16.2 Å². The number of halogens is 2. The molecule has 0 spiro atoms. The second-order valence-electron chi connectivity index (χ2n) is 7.06. The SMILES string of the molecule is C[C@H]1CCC[C@@H]1C(=NS(=O)(=O)c1ccc(Cl)c(Cl)c1)N1CCCCC1. The van der Waals surface area contributed by atoms with E-state index in [9.17, 15) is 8.42 Å². The maximum atomic E-state index is 12.9. The van der Waals surface area contributed by atoms with Crippen LogP contribution in [0.25, 0.3) is 0 Å². The second-order valence-corrected chi connectivity index (χ2v) is 9.48. The molecule has 0 aromatic heterocycles. The molecule has 138 valence electrons. The number of likely N-dealkylation sites (tertiary alicyclic amines) is 1. The van der Waals surface area contributed by atoms with E-state index >= 15 is 0 Å². The highest BCUT2D eigenvalue weighted by atomic mass is 35.5. The van der Waals surface area contributed by atoms with Crippen LogP contribution in [-0.4, -0.2) is 32.2 Å². The Bertz CT molecular complexity index is 758. The Morgan fingerprint density at radius 2 is 1.80 bits per heavy atom. The fourth-order valence-corrected chi connectivity index (χ4v) is 5.30. The fourth-order valence-electron chi connectivity index (χ4n) is 3.83. The van der Waals surface area contributed by atoms with Crippen molar-refractivity contribution in [1.82, 2.24) is 4.90 Å². The first-order chi connectivity index (χ1) is 11.9. The van der Waals surface area contributed by atoms with Crippen molar-refractivity contribution < 1.29 is 8.42 Å². The Hall–Kier alpha value is -0.780. The van der Waals surface area contributed by atoms with Crippen LogP contribution < -0.4 is 0 Å². The van der Waals surface area contributed by atoms with Crippen molar-refractivity contribution >= 4 is 39.1 Å². The highest BCUT2D eigenvalue weighted by Crippen LogP contribution is 2.35. The van der Waals surface area contributed by atoms with Crippen LogP contribution in [0.5, 0.6) is 0 Å². The molecule has 1 aliphatic carbocycles. The van der Waals surface area contributed by atoms with Gasteiger partial charge < -0.3 is 4.90 Å². The minimum absolute atomic E-state index is 0.0991. The molecule has 0 bridgehead atoms. The van der Waals surface area contributed by atoms with Gasteiger partial charge in [-0.15, -0.1) is 4.40 Å². The van der Waals surface area contributed by atoms with Gasteiger partial charge in [0.2, 0.25) is 0 Å². The zero-order chi connectivity index (χ0) is 18.0. The molecule has 4 nitrogen and oxygen atoms in total. The molecule has 2 atom stereocenters. The lowest BCUT2D eigenvalue weighted by Crippen LogP contribution is -2.41. The van der Waals surface area contributed by atoms with E-state index in [1.165, 1.54) is 24.6 Å². The molecule has 1 aromatic rings. The predicted molar refractivity (Wildman–Crippen MR) is 103 cm³/mol. The van der Waals surface area contributed by atoms with Gasteiger partial charge in [-0.05, 0) is 56.2 Å². The number of sulfonamides is 1. The molecular formula is C18H24Cl2N2O2S. The van der Waals surface area contributed by atoms with Gasteiger partial charge in [-0.25, -0.2) is 0 Å². The quantitative estimate of drug-likeness (QED) is 0.527. The van der Waals surface area contributed by atoms with E-state index in [0.717, 1.165) is 51.0 Å². The van der Waals surface area contributed by atoms with Crippen LogP contribution in [0.3, 0.4) is 0 Å². The van der Waals surface area contributed by atoms with Crippen LogP contribution in [0.15, 0.2) is 27.5 Å². The average Bonchev–Trinajstić information content (AvgIpc) is 3.02. The van der Waals surface area contributed by atoms with Crippen molar-refractivity contribution in [2.75, 3.05) is 13.1 Å². The number of piperidine rings is 1. The van der Waals surface area contributed by atoms with Crippen molar-refractivity contribution in [2.24, 2.45) is 16.2 Å². The summed E-state index contributed by atoms with van der Waals surface area (Å²) in [7, 11) is -3.81. The molecule has 1 saturated carbocycles. The van der Waals surface area contributed by atoms with Gasteiger partial charge in [-0.3, -0.25) is 0 Å². The Balaban J connectivity index is 1.99. The molecule has 0 N–H and O–H groups in total. The lowest BCUT2D eigenvalue weighted by atomic mass is 9.95. The first kappa shape index (κ1) is 19.0. The third-order valence-electron chi connectivity index (χ3n) is 5.28. The molecule has 0 radical (unpaired) electrons. The zero-order valence-electron chi connectivity index (χ0n) is 14.4. The topological polar surface area (TPSA) is 49.7 Å². The van der Waals surface area contributed by atoms with Gasteiger partial charge in [0.15, 0.2) is 0 Å². The Morgan fingerprint density at radius 1 is 1.08 bits per heavy atom. The number of benzene rings is 1. The van der Waals surface area contributed by atoms with Crippen LogP contribution in [0, 0.1) is 11.8 Å². The summed E-state index contributed by atoms with van der Waals surface area (Å²) in [6.07, 6.45) is 6.65. The molecule has 2 fully saturated rings. The van der Waals surface area contributed by atoms with E-state index in [4.69, 9.17) is 23.2 Å². The van der Waals surface area contributed by atoms with E-state index in [1.807, 2.05) is 0 Å². The van der Waals surface area contributed by atoms with Crippen molar-refractivity contribution in [1.29, 1.82) is 0 Å². The van der Waals surface area contributed by atoms with Gasteiger partial charge in [0.05, 0.1) is 14.9 Å². The molecule has 0 unspecified atom stereocenters. The van der Waals surface area contributed by atoms with Gasteiger partial charge >= 0.3 is 0 Å². The number of amidine groups is 1. The van der Waals surface area contributed by atoms with Gasteiger partial charge in [0.1, 0.15) is 5.84 Å². The maximum absolute atomic E-state index is 12.9. The minimum atomic E-state index is -3.81. The van der Waals surface area contributed by atoms with Crippen molar-refractivity contribution in [3.63, 3.8) is 0 Å². The van der Waals surface area contributed by atoms with Crippen molar-refractivity contribution in [3.05, 3.63) is 28.2 Å². The average molecular weight is 403 g/mol. The summed E-state index contributed by atoms with van der Waals surface area (Å²) >= 11 is 11.9. The van der Waals surface area contributed by atoms with E-state index < -0.39 is 10.0 Å². The van der Waals surface area contributed by atoms with Crippen molar-refractivity contribution in [2.45, 2.75) is 50.3 Å². The van der Waals surface area contributed by atoms with Gasteiger partial charge in [-0.2, -0.15) is 8.42 Å². The summed E-state index contributed by atoms with van der Waals surface area (Å²) in [4.78, 5) is 2.28. The Morgan fingerprint density at radius 3 is 2.40 bits per heavy atom. The highest BCUT2D eigenvalue weighted by Gasteiger charge is 2.33. The number of hydrogen-bond acceptors (Lipinski definition) is 2. The molecule has 1 saturated heterocycles. The summed E-state index contributed by atoms with van der Waals surface area (Å²) in [5.41, 5.74) is 0. The third kappa shape index (κ3) is 4.32. The molecule has 1 heterocycles. The predicted octanol–water partition coefficient (Wildman–Crippen LogP) is 5.00. The molecule has 1 aromatic carbocycles. The molecular weight excluding hydrogens is 379 g/mol. The first-order valence-electron chi connectivity index (χ1n) is 8.93. The third-order valence-corrected chi connectivity index (χ3v) is 7.29. The number of rotatable bonds is 3. The lowest BCUT2D eigenvalue weighted by Gasteiger charge is -2.33. The molecule has 1 aliphatic heterocycles. The molecule has 3 rings (SSSR count). The summed E-state index contributed by atoms with van der Waals surface area (Å²) in [5.74, 6) is 1.43. The van der Waals surface area contributed by atoms with E-state index in [0.29, 0.717) is 10.9 Å². The lowest BCUT2D eigenvalue weighted by molar-refractivity contribution is 0.317. The summed E-state index contributed by atoms with van der Waals surface area (Å²) in [6.45, 7) is 3.97. The van der Waals surface area contributed by atoms with Gasteiger partial charge in [0.25, 0.3) is 10.0 Å². The maximum Gasteiger partial charge on any atom is 0.284 e. The van der Waals surface area contributed by atoms with E-state index in [-0.39, 0.29) is 15.8 Å². The standard InChI is InChI=1S/C18H24Cl2N2O2S/c1-13-6-5-7-15(13)18(22-10-3-2-4-11-22)21-25(23,24)14-8-9-16(19)17(20)12-14/h8-9,12-13,15H,2-7,10-11H2,1H3/t13-,15-/m0/s1.